The zero-order valence-electron chi connectivity index (χ0n) is 15.0. The molecule has 1 aromatic heterocycles. The highest BCUT2D eigenvalue weighted by atomic mass is 32.2. The second kappa shape index (κ2) is 8.68. The van der Waals surface area contributed by atoms with Gasteiger partial charge in [-0.05, 0) is 43.3 Å². The summed E-state index contributed by atoms with van der Waals surface area (Å²) < 4.78 is 20.2. The van der Waals surface area contributed by atoms with Crippen molar-refractivity contribution in [3.05, 3.63) is 60.7 Å². The van der Waals surface area contributed by atoms with E-state index in [1.54, 1.807) is 35.0 Å². The van der Waals surface area contributed by atoms with E-state index in [1.165, 1.54) is 23.9 Å². The summed E-state index contributed by atoms with van der Waals surface area (Å²) in [4.78, 5) is 14.2. The van der Waals surface area contributed by atoms with Crippen molar-refractivity contribution in [2.45, 2.75) is 12.1 Å². The van der Waals surface area contributed by atoms with Crippen LogP contribution in [0, 0.1) is 5.82 Å². The van der Waals surface area contributed by atoms with Gasteiger partial charge in [0.2, 0.25) is 5.91 Å². The molecule has 27 heavy (non-hydrogen) atoms. The van der Waals surface area contributed by atoms with Crippen LogP contribution >= 0.6 is 11.8 Å². The summed E-state index contributed by atoms with van der Waals surface area (Å²) in [5, 5.41) is 8.66. The summed E-state index contributed by atoms with van der Waals surface area (Å²) in [5.41, 5.74) is 1.51. The molecule has 0 atom stereocenters. The van der Waals surface area contributed by atoms with Crippen LogP contribution < -0.4 is 9.64 Å². The van der Waals surface area contributed by atoms with Crippen molar-refractivity contribution in [1.29, 1.82) is 0 Å². The van der Waals surface area contributed by atoms with Crippen molar-refractivity contribution < 1.29 is 13.9 Å². The van der Waals surface area contributed by atoms with Gasteiger partial charge in [0, 0.05) is 18.3 Å². The molecule has 1 amide bonds. The molecule has 0 unspecified atom stereocenters. The highest BCUT2D eigenvalue weighted by Gasteiger charge is 2.16. The predicted octanol–water partition coefficient (Wildman–Crippen LogP) is 3.56. The second-order valence-corrected chi connectivity index (χ2v) is 6.53. The molecule has 0 bridgehead atoms. The van der Waals surface area contributed by atoms with Crippen molar-refractivity contribution >= 4 is 23.4 Å². The van der Waals surface area contributed by atoms with Crippen LogP contribution in [0.2, 0.25) is 0 Å². The number of thioether (sulfide) groups is 1. The largest absolute Gasteiger partial charge is 0.497 e. The second-order valence-electron chi connectivity index (χ2n) is 5.59. The Labute approximate surface area is 161 Å². The summed E-state index contributed by atoms with van der Waals surface area (Å²) in [6.45, 7) is 2.37. The molecule has 8 heteroatoms. The van der Waals surface area contributed by atoms with Gasteiger partial charge >= 0.3 is 0 Å². The van der Waals surface area contributed by atoms with E-state index in [4.69, 9.17) is 4.74 Å². The zero-order chi connectivity index (χ0) is 19.2. The van der Waals surface area contributed by atoms with E-state index in [0.29, 0.717) is 17.4 Å². The molecule has 0 spiro atoms. The van der Waals surface area contributed by atoms with Crippen LogP contribution in [0.15, 0.2) is 60.0 Å². The van der Waals surface area contributed by atoms with Gasteiger partial charge in [-0.2, -0.15) is 0 Å². The number of halogens is 1. The number of methoxy groups -OCH3 is 1. The fourth-order valence-corrected chi connectivity index (χ4v) is 3.39. The van der Waals surface area contributed by atoms with E-state index >= 15 is 0 Å². The van der Waals surface area contributed by atoms with Crippen molar-refractivity contribution in [2.75, 3.05) is 24.3 Å². The van der Waals surface area contributed by atoms with Crippen LogP contribution in [0.1, 0.15) is 6.92 Å². The van der Waals surface area contributed by atoms with Gasteiger partial charge in [-0.25, -0.2) is 4.39 Å². The van der Waals surface area contributed by atoms with Gasteiger partial charge in [0.05, 0.1) is 18.6 Å². The van der Waals surface area contributed by atoms with Gasteiger partial charge in [-0.3, -0.25) is 9.36 Å². The van der Waals surface area contributed by atoms with Gasteiger partial charge in [-0.15, -0.1) is 10.2 Å². The first-order valence-corrected chi connectivity index (χ1v) is 9.34. The molecule has 140 valence electrons. The molecule has 0 N–H and O–H groups in total. The third kappa shape index (κ3) is 4.46. The van der Waals surface area contributed by atoms with E-state index in [1.807, 2.05) is 31.2 Å². The average Bonchev–Trinajstić information content (AvgIpc) is 3.17. The molecular weight excluding hydrogens is 367 g/mol. The Balaban J connectivity index is 1.72. The first kappa shape index (κ1) is 18.9. The molecule has 0 fully saturated rings. The first-order chi connectivity index (χ1) is 13.1. The number of hydrogen-bond acceptors (Lipinski definition) is 5. The van der Waals surface area contributed by atoms with Gasteiger partial charge in [0.25, 0.3) is 0 Å². The molecule has 0 aliphatic heterocycles. The van der Waals surface area contributed by atoms with E-state index in [0.717, 1.165) is 11.4 Å². The van der Waals surface area contributed by atoms with E-state index in [-0.39, 0.29) is 17.5 Å². The van der Waals surface area contributed by atoms with Crippen molar-refractivity contribution in [3.63, 3.8) is 0 Å². The van der Waals surface area contributed by atoms with E-state index in [2.05, 4.69) is 10.2 Å². The lowest BCUT2D eigenvalue weighted by atomic mass is 10.3. The molecule has 0 aliphatic rings. The lowest BCUT2D eigenvalue weighted by Crippen LogP contribution is -2.32. The Morgan fingerprint density at radius 2 is 2.04 bits per heavy atom. The van der Waals surface area contributed by atoms with Gasteiger partial charge < -0.3 is 9.64 Å². The Hall–Kier alpha value is -2.87. The maximum absolute atomic E-state index is 13.1. The molecule has 0 saturated heterocycles. The summed E-state index contributed by atoms with van der Waals surface area (Å²) in [7, 11) is 1.61. The normalized spacial score (nSPS) is 10.6. The summed E-state index contributed by atoms with van der Waals surface area (Å²) in [5.74, 6) is 0.493. The van der Waals surface area contributed by atoms with Crippen molar-refractivity contribution in [1.82, 2.24) is 14.8 Å². The number of amides is 1. The standard InChI is InChI=1S/C19H19FN4O2S/c1-3-23(15-9-7-14(20)8-10-15)18(25)12-27-19-22-21-13-24(19)16-5-4-6-17(11-16)26-2/h4-11,13H,3,12H2,1-2H3. The monoisotopic (exact) mass is 386 g/mol. The summed E-state index contributed by atoms with van der Waals surface area (Å²) in [6, 6.07) is 13.4. The molecule has 3 aromatic rings. The molecular formula is C19H19FN4O2S. The Morgan fingerprint density at radius 1 is 1.26 bits per heavy atom. The third-order valence-electron chi connectivity index (χ3n) is 3.93. The molecule has 1 heterocycles. The van der Waals surface area contributed by atoms with E-state index in [9.17, 15) is 9.18 Å². The number of benzene rings is 2. The fraction of sp³-hybridized carbons (Fsp3) is 0.211. The number of hydrogen-bond donors (Lipinski definition) is 0. The number of carbonyl (C=O) groups is 1. The summed E-state index contributed by atoms with van der Waals surface area (Å²) in [6.07, 6.45) is 1.60. The van der Waals surface area contributed by atoms with Gasteiger partial charge in [0.1, 0.15) is 17.9 Å². The van der Waals surface area contributed by atoms with Crippen LogP contribution in [0.4, 0.5) is 10.1 Å². The predicted molar refractivity (Wildman–Crippen MR) is 103 cm³/mol. The quantitative estimate of drug-likeness (QED) is 0.581. The van der Waals surface area contributed by atoms with Gasteiger partial charge in [-0.1, -0.05) is 17.8 Å². The lowest BCUT2D eigenvalue weighted by molar-refractivity contribution is -0.116. The lowest BCUT2D eigenvalue weighted by Gasteiger charge is -2.20. The molecule has 0 radical (unpaired) electrons. The Kier molecular flexibility index (Phi) is 6.08. The average molecular weight is 386 g/mol. The minimum atomic E-state index is -0.331. The number of ether oxygens (including phenoxy) is 1. The molecule has 6 nitrogen and oxygen atoms in total. The molecule has 0 aliphatic carbocycles. The molecule has 2 aromatic carbocycles. The maximum Gasteiger partial charge on any atom is 0.237 e. The Bertz CT molecular complexity index is 914. The molecule has 0 saturated carbocycles. The topological polar surface area (TPSA) is 60.2 Å². The van der Waals surface area contributed by atoms with Gasteiger partial charge in [0.15, 0.2) is 5.16 Å². The number of anilines is 1. The number of rotatable bonds is 7. The van der Waals surface area contributed by atoms with Crippen molar-refractivity contribution in [3.8, 4) is 11.4 Å². The van der Waals surface area contributed by atoms with E-state index < -0.39 is 0 Å². The van der Waals surface area contributed by atoms with Crippen molar-refractivity contribution in [2.24, 2.45) is 0 Å². The van der Waals surface area contributed by atoms with Crippen LogP contribution in [-0.2, 0) is 4.79 Å². The summed E-state index contributed by atoms with van der Waals surface area (Å²) >= 11 is 1.29. The minimum Gasteiger partial charge on any atom is -0.497 e. The third-order valence-corrected chi connectivity index (χ3v) is 4.86. The van der Waals surface area contributed by atoms with Crippen LogP contribution in [0.5, 0.6) is 5.75 Å². The fourth-order valence-electron chi connectivity index (χ4n) is 2.59. The highest BCUT2D eigenvalue weighted by Crippen LogP contribution is 2.23. The SMILES string of the molecule is CCN(C(=O)CSc1nncn1-c1cccc(OC)c1)c1ccc(F)cc1. The van der Waals surface area contributed by atoms with Crippen LogP contribution in [-0.4, -0.2) is 40.1 Å². The smallest absolute Gasteiger partial charge is 0.237 e. The van der Waals surface area contributed by atoms with Crippen LogP contribution in [0.3, 0.4) is 0 Å². The minimum absolute atomic E-state index is 0.0886. The maximum atomic E-state index is 13.1. The Morgan fingerprint density at radius 3 is 2.74 bits per heavy atom. The number of aromatic nitrogens is 3. The van der Waals surface area contributed by atoms with Crippen LogP contribution in [0.25, 0.3) is 5.69 Å². The zero-order valence-corrected chi connectivity index (χ0v) is 15.8. The highest BCUT2D eigenvalue weighted by molar-refractivity contribution is 7.99. The number of carbonyl (C=O) groups excluding carboxylic acids is 1. The molecule has 3 rings (SSSR count). The first-order valence-electron chi connectivity index (χ1n) is 8.35. The number of nitrogens with zero attached hydrogens (tertiary/aromatic N) is 4.